The van der Waals surface area contributed by atoms with Gasteiger partial charge in [-0.3, -0.25) is 4.55 Å². The molecule has 0 saturated heterocycles. The number of hydrogen-bond acceptors (Lipinski definition) is 6. The molecular formula is C12H11N3O4S. The number of anilines is 1. The van der Waals surface area contributed by atoms with Crippen LogP contribution in [0.1, 0.15) is 0 Å². The zero-order valence-corrected chi connectivity index (χ0v) is 10.9. The SMILES string of the molecule is Nc1ccc(/N=N\c2cccc(S(=O)(=O)O)c2)cc1O. The Morgan fingerprint density at radius 3 is 2.25 bits per heavy atom. The fourth-order valence-corrected chi connectivity index (χ4v) is 1.94. The number of rotatable bonds is 3. The zero-order chi connectivity index (χ0) is 14.8. The maximum atomic E-state index is 11.0. The van der Waals surface area contributed by atoms with Crippen molar-refractivity contribution < 1.29 is 18.1 Å². The van der Waals surface area contributed by atoms with E-state index in [0.717, 1.165) is 0 Å². The van der Waals surface area contributed by atoms with Gasteiger partial charge in [-0.25, -0.2) is 0 Å². The molecule has 0 spiro atoms. The van der Waals surface area contributed by atoms with E-state index in [4.69, 9.17) is 10.3 Å². The maximum absolute atomic E-state index is 11.0. The van der Waals surface area contributed by atoms with Gasteiger partial charge in [-0.1, -0.05) is 6.07 Å². The summed E-state index contributed by atoms with van der Waals surface area (Å²) >= 11 is 0. The highest BCUT2D eigenvalue weighted by Gasteiger charge is 2.09. The first-order valence-corrected chi connectivity index (χ1v) is 6.88. The average molecular weight is 293 g/mol. The molecule has 0 aliphatic heterocycles. The summed E-state index contributed by atoms with van der Waals surface area (Å²) in [6.07, 6.45) is 0. The molecule has 8 heteroatoms. The molecular weight excluding hydrogens is 282 g/mol. The summed E-state index contributed by atoms with van der Waals surface area (Å²) in [6, 6.07) is 9.71. The van der Waals surface area contributed by atoms with Gasteiger partial charge in [0.2, 0.25) is 0 Å². The van der Waals surface area contributed by atoms with Crippen LogP contribution in [0.4, 0.5) is 17.1 Å². The van der Waals surface area contributed by atoms with Crippen LogP contribution in [0.2, 0.25) is 0 Å². The Balaban J connectivity index is 2.30. The Hall–Kier alpha value is -2.45. The van der Waals surface area contributed by atoms with Crippen LogP contribution in [-0.4, -0.2) is 18.1 Å². The van der Waals surface area contributed by atoms with E-state index in [0.29, 0.717) is 5.69 Å². The van der Waals surface area contributed by atoms with Crippen molar-refractivity contribution in [2.45, 2.75) is 4.90 Å². The van der Waals surface area contributed by atoms with E-state index in [1.165, 1.54) is 36.4 Å². The lowest BCUT2D eigenvalue weighted by Crippen LogP contribution is -1.96. The molecule has 0 saturated carbocycles. The Morgan fingerprint density at radius 1 is 1.00 bits per heavy atom. The minimum Gasteiger partial charge on any atom is -0.506 e. The van der Waals surface area contributed by atoms with Crippen LogP contribution < -0.4 is 5.73 Å². The highest BCUT2D eigenvalue weighted by Crippen LogP contribution is 2.27. The van der Waals surface area contributed by atoms with Crippen LogP contribution in [-0.2, 0) is 10.1 Å². The number of azo groups is 1. The third-order valence-corrected chi connectivity index (χ3v) is 3.26. The molecule has 0 radical (unpaired) electrons. The molecule has 7 nitrogen and oxygen atoms in total. The average Bonchev–Trinajstić information content (AvgIpc) is 2.39. The van der Waals surface area contributed by atoms with Crippen molar-refractivity contribution in [1.29, 1.82) is 0 Å². The van der Waals surface area contributed by atoms with E-state index in [9.17, 15) is 13.5 Å². The van der Waals surface area contributed by atoms with Crippen LogP contribution in [0.25, 0.3) is 0 Å². The third-order valence-electron chi connectivity index (χ3n) is 2.41. The van der Waals surface area contributed by atoms with Gasteiger partial charge in [0.15, 0.2) is 0 Å². The van der Waals surface area contributed by atoms with Gasteiger partial charge < -0.3 is 10.8 Å². The molecule has 0 aliphatic rings. The summed E-state index contributed by atoms with van der Waals surface area (Å²) in [5.41, 5.74) is 6.27. The molecule has 0 aromatic heterocycles. The van der Waals surface area contributed by atoms with Crippen LogP contribution in [0.15, 0.2) is 57.6 Å². The van der Waals surface area contributed by atoms with Crippen LogP contribution in [0, 0.1) is 0 Å². The van der Waals surface area contributed by atoms with Crippen molar-refractivity contribution in [3.8, 4) is 5.75 Å². The molecule has 2 aromatic carbocycles. The lowest BCUT2D eigenvalue weighted by atomic mass is 10.3. The largest absolute Gasteiger partial charge is 0.506 e. The number of nitrogens with two attached hydrogens (primary N) is 1. The fourth-order valence-electron chi connectivity index (χ4n) is 1.42. The summed E-state index contributed by atoms with van der Waals surface area (Å²) in [5, 5.41) is 17.1. The standard InChI is InChI=1S/C12H11N3O4S/c13-11-5-4-9(7-12(11)16)15-14-8-2-1-3-10(6-8)20(17,18)19/h1-7,16H,13H2,(H,17,18,19)/b15-14-. The minimum atomic E-state index is -4.28. The summed E-state index contributed by atoms with van der Waals surface area (Å²) in [7, 11) is -4.28. The van der Waals surface area contributed by atoms with Gasteiger partial charge in [0.05, 0.1) is 22.0 Å². The number of phenolic OH excluding ortho intramolecular Hbond substituents is 1. The molecule has 104 valence electrons. The second-order valence-electron chi connectivity index (χ2n) is 3.92. The van der Waals surface area contributed by atoms with Crippen molar-refractivity contribution in [2.24, 2.45) is 10.2 Å². The number of benzene rings is 2. The predicted octanol–water partition coefficient (Wildman–Crippen LogP) is 2.64. The van der Waals surface area contributed by atoms with Crippen molar-refractivity contribution in [3.05, 3.63) is 42.5 Å². The van der Waals surface area contributed by atoms with E-state index in [1.54, 1.807) is 6.07 Å². The smallest absolute Gasteiger partial charge is 0.294 e. The van der Waals surface area contributed by atoms with Gasteiger partial charge in [-0.05, 0) is 30.3 Å². The molecule has 0 atom stereocenters. The first-order chi connectivity index (χ1) is 9.36. The lowest BCUT2D eigenvalue weighted by molar-refractivity contribution is 0.478. The van der Waals surface area contributed by atoms with Crippen molar-refractivity contribution in [1.82, 2.24) is 0 Å². The van der Waals surface area contributed by atoms with Gasteiger partial charge in [-0.15, -0.1) is 0 Å². The van der Waals surface area contributed by atoms with Gasteiger partial charge in [0.25, 0.3) is 10.1 Å². The minimum absolute atomic E-state index is 0.117. The second-order valence-corrected chi connectivity index (χ2v) is 5.34. The van der Waals surface area contributed by atoms with E-state index in [2.05, 4.69) is 10.2 Å². The van der Waals surface area contributed by atoms with Crippen LogP contribution in [0.3, 0.4) is 0 Å². The number of aromatic hydroxyl groups is 1. The Kier molecular flexibility index (Phi) is 3.68. The molecule has 0 heterocycles. The zero-order valence-electron chi connectivity index (χ0n) is 10.1. The number of nitrogens with zero attached hydrogens (tertiary/aromatic N) is 2. The molecule has 4 N–H and O–H groups in total. The Morgan fingerprint density at radius 2 is 1.65 bits per heavy atom. The predicted molar refractivity (Wildman–Crippen MR) is 73.0 cm³/mol. The highest BCUT2D eigenvalue weighted by molar-refractivity contribution is 7.85. The van der Waals surface area contributed by atoms with Crippen molar-refractivity contribution in [3.63, 3.8) is 0 Å². The molecule has 0 aliphatic carbocycles. The summed E-state index contributed by atoms with van der Waals surface area (Å²) in [4.78, 5) is -0.269. The monoisotopic (exact) mass is 293 g/mol. The topological polar surface area (TPSA) is 125 Å². The first kappa shape index (κ1) is 14.0. The molecule has 0 fully saturated rings. The summed E-state index contributed by atoms with van der Waals surface area (Å²) < 4.78 is 30.9. The van der Waals surface area contributed by atoms with Crippen LogP contribution >= 0.6 is 0 Å². The van der Waals surface area contributed by atoms with E-state index < -0.39 is 10.1 Å². The Bertz CT molecular complexity index is 772. The van der Waals surface area contributed by atoms with Crippen LogP contribution in [0.5, 0.6) is 5.75 Å². The first-order valence-electron chi connectivity index (χ1n) is 5.44. The van der Waals surface area contributed by atoms with Crippen molar-refractivity contribution >= 4 is 27.2 Å². The fraction of sp³-hybridized carbons (Fsp3) is 0. The molecule has 0 unspecified atom stereocenters. The Labute approximate surface area is 115 Å². The quantitative estimate of drug-likeness (QED) is 0.347. The van der Waals surface area contributed by atoms with Gasteiger partial charge in [-0.2, -0.15) is 18.6 Å². The third kappa shape index (κ3) is 3.31. The lowest BCUT2D eigenvalue weighted by Gasteiger charge is -1.99. The van der Waals surface area contributed by atoms with Crippen molar-refractivity contribution in [2.75, 3.05) is 5.73 Å². The number of nitrogen functional groups attached to an aromatic ring is 1. The van der Waals surface area contributed by atoms with Gasteiger partial charge in [0.1, 0.15) is 5.75 Å². The highest BCUT2D eigenvalue weighted by atomic mass is 32.2. The number of phenols is 1. The second kappa shape index (κ2) is 5.27. The van der Waals surface area contributed by atoms with Gasteiger partial charge >= 0.3 is 0 Å². The molecule has 0 bridgehead atoms. The normalized spacial score (nSPS) is 11.8. The molecule has 2 aromatic rings. The molecule has 0 amide bonds. The van der Waals surface area contributed by atoms with E-state index in [-0.39, 0.29) is 22.0 Å². The van der Waals surface area contributed by atoms with Gasteiger partial charge in [0, 0.05) is 6.07 Å². The number of hydrogen-bond donors (Lipinski definition) is 3. The van der Waals surface area contributed by atoms with E-state index in [1.807, 2.05) is 0 Å². The van der Waals surface area contributed by atoms with E-state index >= 15 is 0 Å². The summed E-state index contributed by atoms with van der Waals surface area (Å²) in [5.74, 6) is -0.117. The molecule has 20 heavy (non-hydrogen) atoms. The summed E-state index contributed by atoms with van der Waals surface area (Å²) in [6.45, 7) is 0. The molecule has 2 rings (SSSR count). The maximum Gasteiger partial charge on any atom is 0.294 e.